The quantitative estimate of drug-likeness (QED) is 0.346. The molecule has 0 N–H and O–H groups in total. The Morgan fingerprint density at radius 1 is 1.38 bits per heavy atom. The molecule has 4 nitrogen and oxygen atoms in total. The van der Waals surface area contributed by atoms with Crippen LogP contribution in [0.25, 0.3) is 0 Å². The largest absolute Gasteiger partial charge is 0.435 e. The molecule has 0 spiro atoms. The molecule has 0 heterocycles. The monoisotopic (exact) mass is 315 g/mol. The fraction of sp³-hybridized carbons (Fsp3) is 0.857. The third-order valence-electron chi connectivity index (χ3n) is 1.14. The van der Waals surface area contributed by atoms with Crippen LogP contribution >= 0.6 is 12.6 Å². The Labute approximate surface area is 101 Å². The molecular weight excluding hydrogens is 302 g/mol. The van der Waals surface area contributed by atoms with Gasteiger partial charge in [-0.15, -0.1) is 0 Å². The zero-order valence-corrected chi connectivity index (χ0v) is 11.3. The van der Waals surface area contributed by atoms with Crippen LogP contribution in [-0.2, 0) is 19.0 Å². The minimum absolute atomic E-state index is 0. The summed E-state index contributed by atoms with van der Waals surface area (Å²) >= 11 is 3.74. The summed E-state index contributed by atoms with van der Waals surface area (Å²) in [7, 11) is 1.51. The third kappa shape index (κ3) is 8.88. The van der Waals surface area contributed by atoms with Gasteiger partial charge in [-0.3, -0.25) is 4.79 Å². The van der Waals surface area contributed by atoms with E-state index in [0.717, 1.165) is 0 Å². The van der Waals surface area contributed by atoms with Crippen LogP contribution in [0.5, 0.6) is 0 Å². The summed E-state index contributed by atoms with van der Waals surface area (Å²) in [6.45, 7) is 3.34. The summed E-state index contributed by atoms with van der Waals surface area (Å²) in [4.78, 5) is 10.7. The summed E-state index contributed by atoms with van der Waals surface area (Å²) in [6.07, 6.45) is -0.979. The second-order valence-electron chi connectivity index (χ2n) is 2.16. The zero-order chi connectivity index (χ0) is 9.56. The van der Waals surface area contributed by atoms with Crippen molar-refractivity contribution in [2.24, 2.45) is 0 Å². The van der Waals surface area contributed by atoms with E-state index in [0.29, 0.717) is 0 Å². The van der Waals surface area contributed by atoms with Crippen molar-refractivity contribution in [3.05, 3.63) is 0 Å². The van der Waals surface area contributed by atoms with E-state index in [4.69, 9.17) is 14.2 Å². The molecule has 6 heteroatoms. The van der Waals surface area contributed by atoms with Gasteiger partial charge in [0.15, 0.2) is 6.29 Å². The van der Waals surface area contributed by atoms with Crippen LogP contribution in [0.3, 0.4) is 0 Å². The molecule has 0 amide bonds. The van der Waals surface area contributed by atoms with Gasteiger partial charge in [0, 0.05) is 31.5 Å². The van der Waals surface area contributed by atoms with Gasteiger partial charge in [-0.2, -0.15) is 12.6 Å². The molecule has 0 aliphatic rings. The van der Waals surface area contributed by atoms with E-state index in [1.54, 1.807) is 13.8 Å². The Morgan fingerprint density at radius 2 is 1.92 bits per heavy atom. The Kier molecular flexibility index (Phi) is 11.2. The predicted molar refractivity (Wildman–Crippen MR) is 52.7 cm³/mol. The van der Waals surface area contributed by atoms with Gasteiger partial charge in [-0.05, 0) is 13.8 Å². The van der Waals surface area contributed by atoms with Gasteiger partial charge in [0.2, 0.25) is 6.29 Å². The van der Waals surface area contributed by atoms with Crippen molar-refractivity contribution in [2.45, 2.75) is 26.4 Å². The maximum atomic E-state index is 10.7. The minimum atomic E-state index is -0.598. The van der Waals surface area contributed by atoms with Gasteiger partial charge in [-0.25, -0.2) is 0 Å². The van der Waals surface area contributed by atoms with Gasteiger partial charge < -0.3 is 14.2 Å². The molecule has 2 unspecified atom stereocenters. The number of ether oxygens (including phenoxy) is 3. The number of carbonyl (C=O) groups excluding carboxylic acids is 1. The fourth-order valence-electron chi connectivity index (χ4n) is 0.576. The molecule has 0 aliphatic heterocycles. The Morgan fingerprint density at radius 3 is 2.31 bits per heavy atom. The molecule has 3 radical (unpaired) electrons. The van der Waals surface area contributed by atoms with E-state index in [9.17, 15) is 4.79 Å². The zero-order valence-electron chi connectivity index (χ0n) is 7.89. The first kappa shape index (κ1) is 16.0. The number of carbonyl (C=O) groups is 1. The van der Waals surface area contributed by atoms with Crippen LogP contribution in [0.15, 0.2) is 0 Å². The number of thiol groups is 1. The van der Waals surface area contributed by atoms with Crippen molar-refractivity contribution in [1.82, 2.24) is 0 Å². The van der Waals surface area contributed by atoms with Crippen LogP contribution in [0.4, 0.5) is 0 Å². The van der Waals surface area contributed by atoms with E-state index in [1.807, 2.05) is 0 Å². The Hall–Kier alpha value is 0.558. The number of methoxy groups -OCH3 is 1. The maximum absolute atomic E-state index is 10.7. The van der Waals surface area contributed by atoms with Gasteiger partial charge in [-0.1, -0.05) is 0 Å². The molecule has 0 aromatic heterocycles. The normalized spacial score (nSPS) is 14.2. The molecule has 0 fully saturated rings. The molecule has 0 saturated heterocycles. The second kappa shape index (κ2) is 9.13. The van der Waals surface area contributed by atoms with E-state index in [-0.39, 0.29) is 36.5 Å². The van der Waals surface area contributed by atoms with Crippen LogP contribution in [0.1, 0.15) is 13.8 Å². The predicted octanol–water partition coefficient (Wildman–Crippen LogP) is 0.434. The standard InChI is InChI=1S/C7H14O4S.Sb/c1-5(9-3)10-6(2)11-7(8)4-12;/h5-6,12H,4H2,1-3H3;. The first-order valence-electron chi connectivity index (χ1n) is 3.58. The van der Waals surface area contributed by atoms with E-state index in [1.165, 1.54) is 7.11 Å². The first-order chi connectivity index (χ1) is 5.60. The molecule has 77 valence electrons. The number of hydrogen-bond donors (Lipinski definition) is 1. The van der Waals surface area contributed by atoms with Gasteiger partial charge in [0.05, 0.1) is 5.75 Å². The van der Waals surface area contributed by atoms with E-state index < -0.39 is 12.3 Å². The van der Waals surface area contributed by atoms with Crippen molar-refractivity contribution in [3.8, 4) is 0 Å². The summed E-state index contributed by atoms with van der Waals surface area (Å²) in [5, 5.41) is 0. The third-order valence-corrected chi connectivity index (χ3v) is 1.40. The van der Waals surface area contributed by atoms with Crippen LogP contribution < -0.4 is 0 Å². The summed E-state index contributed by atoms with van der Waals surface area (Å²) in [5.74, 6) is -0.358. The topological polar surface area (TPSA) is 44.8 Å². The average Bonchev–Trinajstić information content (AvgIpc) is 2.03. The number of rotatable bonds is 5. The summed E-state index contributed by atoms with van der Waals surface area (Å²) in [6, 6.07) is 0. The molecule has 2 atom stereocenters. The van der Waals surface area contributed by atoms with Gasteiger partial charge in [0.25, 0.3) is 0 Å². The van der Waals surface area contributed by atoms with Crippen molar-refractivity contribution in [3.63, 3.8) is 0 Å². The smallest absolute Gasteiger partial charge is 0.317 e. The van der Waals surface area contributed by atoms with Crippen LogP contribution in [0, 0.1) is 0 Å². The van der Waals surface area contributed by atoms with Crippen molar-refractivity contribution >= 4 is 43.0 Å². The first-order valence-corrected chi connectivity index (χ1v) is 4.22. The SMILES string of the molecule is COC(C)OC(C)OC(=O)CS.[Sb]. The molecule has 0 aromatic rings. The van der Waals surface area contributed by atoms with E-state index >= 15 is 0 Å². The van der Waals surface area contributed by atoms with Crippen molar-refractivity contribution < 1.29 is 19.0 Å². The number of esters is 1. The van der Waals surface area contributed by atoms with Crippen LogP contribution in [-0.4, -0.2) is 55.8 Å². The Balaban J connectivity index is 0. The maximum Gasteiger partial charge on any atom is 0.317 e. The van der Waals surface area contributed by atoms with Crippen LogP contribution in [0.2, 0.25) is 0 Å². The van der Waals surface area contributed by atoms with Gasteiger partial charge >= 0.3 is 5.97 Å². The average molecular weight is 316 g/mol. The Bertz CT molecular complexity index is 144. The molecule has 0 bridgehead atoms. The summed E-state index contributed by atoms with van der Waals surface area (Å²) in [5.41, 5.74) is 0. The van der Waals surface area contributed by atoms with Crippen molar-refractivity contribution in [1.29, 1.82) is 0 Å². The molecule has 0 rings (SSSR count). The molecular formula is C7H14O4SSb. The fourth-order valence-corrected chi connectivity index (χ4v) is 0.650. The van der Waals surface area contributed by atoms with Crippen molar-refractivity contribution in [2.75, 3.05) is 12.9 Å². The summed E-state index contributed by atoms with van der Waals surface area (Å²) < 4.78 is 14.6. The molecule has 13 heavy (non-hydrogen) atoms. The van der Waals surface area contributed by atoms with Gasteiger partial charge in [0.1, 0.15) is 0 Å². The molecule has 0 aromatic carbocycles. The molecule has 0 saturated carbocycles. The molecule has 0 aliphatic carbocycles. The number of hydrogen-bond acceptors (Lipinski definition) is 5. The van der Waals surface area contributed by atoms with E-state index in [2.05, 4.69) is 12.6 Å². The minimum Gasteiger partial charge on any atom is -0.435 e. The second-order valence-corrected chi connectivity index (χ2v) is 2.47.